The Balaban J connectivity index is 3.38. The lowest BCUT2D eigenvalue weighted by Crippen LogP contribution is -2.14. The van der Waals surface area contributed by atoms with E-state index in [0.29, 0.717) is 5.56 Å². The van der Waals surface area contributed by atoms with Crippen molar-refractivity contribution in [1.29, 1.82) is 0 Å². The van der Waals surface area contributed by atoms with Gasteiger partial charge >= 0.3 is 5.97 Å². The molecule has 0 unspecified atom stereocenters. The molecule has 0 atom stereocenters. The summed E-state index contributed by atoms with van der Waals surface area (Å²) >= 11 is 5.81. The molecular weight excluding hydrogens is 220 g/mol. The summed E-state index contributed by atoms with van der Waals surface area (Å²) in [5, 5.41) is 8.81. The van der Waals surface area contributed by atoms with E-state index in [4.69, 9.17) is 21.4 Å². The number of aryl methyl sites for hydroxylation is 1. The quantitative estimate of drug-likeness (QED) is 0.634. The number of hydrogen-bond donors (Lipinski definition) is 1. The van der Waals surface area contributed by atoms with Crippen LogP contribution in [0.5, 0.6) is 5.75 Å². The standard InChI is InChI=1S/C10H9ClO4/c1-5-3-6(8(12)10(13)14)9(15-2)7(11)4-5/h3-4H,1-2H3,(H,13,14). The van der Waals surface area contributed by atoms with Crippen molar-refractivity contribution >= 4 is 23.4 Å². The van der Waals surface area contributed by atoms with Gasteiger partial charge in [0, 0.05) is 0 Å². The number of methoxy groups -OCH3 is 1. The molecule has 0 amide bonds. The van der Waals surface area contributed by atoms with Crippen LogP contribution >= 0.6 is 11.6 Å². The monoisotopic (exact) mass is 228 g/mol. The minimum Gasteiger partial charge on any atom is -0.494 e. The predicted octanol–water partition coefficient (Wildman–Crippen LogP) is 1.92. The lowest BCUT2D eigenvalue weighted by Gasteiger charge is -2.08. The number of carbonyl (C=O) groups excluding carboxylic acids is 1. The second kappa shape index (κ2) is 4.31. The summed E-state index contributed by atoms with van der Waals surface area (Å²) in [4.78, 5) is 21.8. The average Bonchev–Trinajstić information content (AvgIpc) is 2.15. The van der Waals surface area contributed by atoms with Crippen LogP contribution < -0.4 is 4.74 Å². The molecule has 1 N–H and O–H groups in total. The Hall–Kier alpha value is -1.55. The highest BCUT2D eigenvalue weighted by Gasteiger charge is 2.21. The first-order chi connectivity index (χ1) is 6.97. The summed E-state index contributed by atoms with van der Waals surface area (Å²) in [7, 11) is 1.33. The van der Waals surface area contributed by atoms with Crippen LogP contribution in [0.3, 0.4) is 0 Å². The SMILES string of the molecule is COc1c(Cl)cc(C)cc1C(=O)C(=O)O. The lowest BCUT2D eigenvalue weighted by molar-refractivity contribution is -0.131. The van der Waals surface area contributed by atoms with Gasteiger partial charge in [-0.2, -0.15) is 0 Å². The second-order valence-electron chi connectivity index (χ2n) is 2.96. The van der Waals surface area contributed by atoms with Gasteiger partial charge in [-0.05, 0) is 24.6 Å². The number of Topliss-reactive ketones (excluding diaryl/α,β-unsaturated/α-hetero) is 1. The zero-order valence-electron chi connectivity index (χ0n) is 8.20. The van der Waals surface area contributed by atoms with Crippen LogP contribution in [0.15, 0.2) is 12.1 Å². The maximum Gasteiger partial charge on any atom is 0.377 e. The molecule has 0 aliphatic rings. The Bertz CT molecular complexity index is 426. The molecule has 15 heavy (non-hydrogen) atoms. The minimum atomic E-state index is -1.53. The smallest absolute Gasteiger partial charge is 0.377 e. The maximum atomic E-state index is 11.3. The Morgan fingerprint density at radius 3 is 2.47 bits per heavy atom. The van der Waals surface area contributed by atoms with Crippen molar-refractivity contribution < 1.29 is 19.4 Å². The number of aliphatic carboxylic acids is 1. The van der Waals surface area contributed by atoms with Crippen molar-refractivity contribution in [2.45, 2.75) is 6.92 Å². The van der Waals surface area contributed by atoms with Crippen LogP contribution in [-0.2, 0) is 4.79 Å². The molecule has 0 bridgehead atoms. The number of benzene rings is 1. The molecule has 0 heterocycles. The third-order valence-corrected chi connectivity index (χ3v) is 2.11. The Morgan fingerprint density at radius 2 is 2.00 bits per heavy atom. The van der Waals surface area contributed by atoms with Gasteiger partial charge in [-0.25, -0.2) is 4.79 Å². The van der Waals surface area contributed by atoms with Crippen LogP contribution in [-0.4, -0.2) is 24.0 Å². The van der Waals surface area contributed by atoms with Crippen molar-refractivity contribution in [3.05, 3.63) is 28.3 Å². The van der Waals surface area contributed by atoms with Gasteiger partial charge in [0.05, 0.1) is 17.7 Å². The molecule has 4 nitrogen and oxygen atoms in total. The fourth-order valence-electron chi connectivity index (χ4n) is 1.22. The number of ketones is 1. The van der Waals surface area contributed by atoms with E-state index in [9.17, 15) is 9.59 Å². The van der Waals surface area contributed by atoms with Crippen molar-refractivity contribution in [3.63, 3.8) is 0 Å². The van der Waals surface area contributed by atoms with Gasteiger partial charge in [0.1, 0.15) is 5.75 Å². The highest BCUT2D eigenvalue weighted by atomic mass is 35.5. The van der Waals surface area contributed by atoms with Crippen molar-refractivity contribution in [2.24, 2.45) is 0 Å². The number of halogens is 1. The van der Waals surface area contributed by atoms with E-state index in [1.807, 2.05) is 0 Å². The second-order valence-corrected chi connectivity index (χ2v) is 3.37. The molecule has 1 aromatic rings. The lowest BCUT2D eigenvalue weighted by atomic mass is 10.1. The highest BCUT2D eigenvalue weighted by Crippen LogP contribution is 2.30. The van der Waals surface area contributed by atoms with E-state index in [1.165, 1.54) is 13.2 Å². The first-order valence-corrected chi connectivity index (χ1v) is 4.47. The summed E-state index contributed by atoms with van der Waals surface area (Å²) in [6, 6.07) is 3.03. The van der Waals surface area contributed by atoms with Crippen molar-refractivity contribution in [3.8, 4) is 5.75 Å². The zero-order chi connectivity index (χ0) is 11.6. The molecule has 0 fully saturated rings. The van der Waals surface area contributed by atoms with Gasteiger partial charge in [-0.3, -0.25) is 4.79 Å². The number of rotatable bonds is 3. The molecule has 0 aliphatic heterocycles. The van der Waals surface area contributed by atoms with Crippen molar-refractivity contribution in [1.82, 2.24) is 0 Å². The molecule has 0 saturated heterocycles. The van der Waals surface area contributed by atoms with Crippen molar-refractivity contribution in [2.75, 3.05) is 7.11 Å². The number of carboxylic acids is 1. The fourth-order valence-corrected chi connectivity index (χ4v) is 1.57. The van der Waals surface area contributed by atoms with E-state index < -0.39 is 11.8 Å². The van der Waals surface area contributed by atoms with Gasteiger partial charge in [0.2, 0.25) is 0 Å². The molecule has 0 radical (unpaired) electrons. The molecule has 5 heteroatoms. The molecule has 0 spiro atoms. The molecular formula is C10H9ClO4. The summed E-state index contributed by atoms with van der Waals surface area (Å²) in [5.74, 6) is -2.47. The van der Waals surface area contributed by atoms with E-state index in [2.05, 4.69) is 0 Å². The molecule has 1 aromatic carbocycles. The number of carboxylic acid groups (broad SMARTS) is 1. The Morgan fingerprint density at radius 1 is 1.40 bits per heavy atom. The van der Waals surface area contributed by atoms with Crippen LogP contribution in [0, 0.1) is 6.92 Å². The van der Waals surface area contributed by atoms with Gasteiger partial charge in [0.15, 0.2) is 0 Å². The topological polar surface area (TPSA) is 63.6 Å². The van der Waals surface area contributed by atoms with E-state index in [1.54, 1.807) is 13.0 Å². The highest BCUT2D eigenvalue weighted by molar-refractivity contribution is 6.42. The van der Waals surface area contributed by atoms with E-state index >= 15 is 0 Å². The molecule has 1 rings (SSSR count). The zero-order valence-corrected chi connectivity index (χ0v) is 8.96. The molecule has 0 saturated carbocycles. The Kier molecular flexibility index (Phi) is 3.31. The average molecular weight is 229 g/mol. The van der Waals surface area contributed by atoms with Crippen LogP contribution in [0.1, 0.15) is 15.9 Å². The summed E-state index contributed by atoms with van der Waals surface area (Å²) in [6.45, 7) is 1.71. The van der Waals surface area contributed by atoms with Crippen LogP contribution in [0.2, 0.25) is 5.02 Å². The van der Waals surface area contributed by atoms with E-state index in [-0.39, 0.29) is 16.3 Å². The summed E-state index contributed by atoms with van der Waals surface area (Å²) in [6.07, 6.45) is 0. The van der Waals surface area contributed by atoms with Gasteiger partial charge in [-0.1, -0.05) is 11.6 Å². The minimum absolute atomic E-state index is 0.0324. The van der Waals surface area contributed by atoms with Gasteiger partial charge in [-0.15, -0.1) is 0 Å². The third kappa shape index (κ3) is 2.27. The number of ether oxygens (including phenoxy) is 1. The van der Waals surface area contributed by atoms with E-state index in [0.717, 1.165) is 0 Å². The normalized spacial score (nSPS) is 9.80. The Labute approximate surface area is 91.4 Å². The summed E-state index contributed by atoms with van der Waals surface area (Å²) < 4.78 is 4.89. The molecule has 80 valence electrons. The third-order valence-electron chi connectivity index (χ3n) is 1.83. The van der Waals surface area contributed by atoms with Crippen LogP contribution in [0.4, 0.5) is 0 Å². The molecule has 0 aromatic heterocycles. The first-order valence-electron chi connectivity index (χ1n) is 4.09. The summed E-state index contributed by atoms with van der Waals surface area (Å²) in [5.41, 5.74) is 0.667. The maximum absolute atomic E-state index is 11.3. The van der Waals surface area contributed by atoms with Gasteiger partial charge < -0.3 is 9.84 Å². The van der Waals surface area contributed by atoms with Gasteiger partial charge in [0.25, 0.3) is 5.78 Å². The largest absolute Gasteiger partial charge is 0.494 e. The predicted molar refractivity (Wildman–Crippen MR) is 54.7 cm³/mol. The fraction of sp³-hybridized carbons (Fsp3) is 0.200. The van der Waals surface area contributed by atoms with Crippen LogP contribution in [0.25, 0.3) is 0 Å². The number of carbonyl (C=O) groups is 2. The molecule has 0 aliphatic carbocycles. The number of hydrogen-bond acceptors (Lipinski definition) is 3. The first kappa shape index (κ1) is 11.5.